The number of aldehydes is 1. The van der Waals surface area contributed by atoms with Crippen molar-refractivity contribution in [2.45, 2.75) is 59.2 Å². The Bertz CT molecular complexity index is 601. The molecule has 1 N–H and O–H groups in total. The zero-order valence-electron chi connectivity index (χ0n) is 17.0. The average molecular weight is 376 g/mol. The summed E-state index contributed by atoms with van der Waals surface area (Å²) in [5.41, 5.74) is 0.870. The van der Waals surface area contributed by atoms with Gasteiger partial charge in [0.1, 0.15) is 18.9 Å². The molecule has 0 aliphatic heterocycles. The first kappa shape index (κ1) is 22.7. The lowest BCUT2D eigenvalue weighted by atomic mass is 10.00. The highest BCUT2D eigenvalue weighted by Gasteiger charge is 2.29. The van der Waals surface area contributed by atoms with E-state index in [-0.39, 0.29) is 24.3 Å². The number of ether oxygens (including phenoxy) is 1. The molecule has 150 valence electrons. The Labute approximate surface area is 162 Å². The maximum Gasteiger partial charge on any atom is 0.408 e. The van der Waals surface area contributed by atoms with E-state index in [1.165, 1.54) is 4.90 Å². The van der Waals surface area contributed by atoms with E-state index in [4.69, 9.17) is 4.74 Å². The molecule has 1 aromatic carbocycles. The molecule has 0 aromatic heterocycles. The fourth-order valence-electron chi connectivity index (χ4n) is 2.80. The summed E-state index contributed by atoms with van der Waals surface area (Å²) in [6, 6.07) is 8.10. The van der Waals surface area contributed by atoms with Crippen molar-refractivity contribution in [3.8, 4) is 0 Å². The second kappa shape index (κ2) is 11.4. The smallest absolute Gasteiger partial charge is 0.408 e. The van der Waals surface area contributed by atoms with Crippen LogP contribution in [-0.2, 0) is 20.9 Å². The molecular formula is C21H32N2O4. The lowest BCUT2D eigenvalue weighted by Crippen LogP contribution is -2.51. The van der Waals surface area contributed by atoms with Crippen molar-refractivity contribution < 1.29 is 19.1 Å². The topological polar surface area (TPSA) is 75.7 Å². The minimum atomic E-state index is -0.729. The second-order valence-electron chi connectivity index (χ2n) is 7.67. The maximum absolute atomic E-state index is 12.9. The molecule has 0 aliphatic carbocycles. The van der Waals surface area contributed by atoms with Crippen LogP contribution in [0.15, 0.2) is 30.3 Å². The Morgan fingerprint density at radius 3 is 2.19 bits per heavy atom. The van der Waals surface area contributed by atoms with Crippen LogP contribution in [0.2, 0.25) is 0 Å². The highest BCUT2D eigenvalue weighted by atomic mass is 16.5. The summed E-state index contributed by atoms with van der Waals surface area (Å²) in [6.07, 6.45) is 1.20. The molecule has 2 atom stereocenters. The molecule has 27 heavy (non-hydrogen) atoms. The first-order valence-corrected chi connectivity index (χ1v) is 9.43. The predicted octanol–water partition coefficient (Wildman–Crippen LogP) is 3.40. The van der Waals surface area contributed by atoms with Gasteiger partial charge in [-0.05, 0) is 30.2 Å². The first-order chi connectivity index (χ1) is 12.7. The van der Waals surface area contributed by atoms with Crippen LogP contribution in [0.4, 0.5) is 4.79 Å². The number of hydrogen-bond acceptors (Lipinski definition) is 4. The van der Waals surface area contributed by atoms with Gasteiger partial charge in [0.05, 0.1) is 6.04 Å². The number of amides is 2. The molecule has 0 unspecified atom stereocenters. The molecule has 0 spiro atoms. The molecular weight excluding hydrogens is 344 g/mol. The summed E-state index contributed by atoms with van der Waals surface area (Å²) in [5.74, 6) is 0.197. The van der Waals surface area contributed by atoms with Crippen LogP contribution < -0.4 is 5.32 Å². The van der Waals surface area contributed by atoms with Crippen molar-refractivity contribution in [3.05, 3.63) is 35.9 Å². The molecule has 0 saturated heterocycles. The van der Waals surface area contributed by atoms with Gasteiger partial charge in [-0.3, -0.25) is 4.79 Å². The molecule has 0 radical (unpaired) electrons. The van der Waals surface area contributed by atoms with E-state index in [1.807, 2.05) is 58.0 Å². The predicted molar refractivity (Wildman–Crippen MR) is 105 cm³/mol. The van der Waals surface area contributed by atoms with Crippen molar-refractivity contribution in [2.75, 3.05) is 7.05 Å². The number of nitrogens with zero attached hydrogens (tertiary/aromatic N) is 1. The standard InChI is InChI=1S/C21H32N2O4/c1-15(2)11-18(13-24)23(5)20(25)19(12-16(3)4)22-21(26)27-14-17-9-7-6-8-10-17/h6-10,13,15-16,18-19H,11-12,14H2,1-5H3,(H,22,26)/t18-,19-/m0/s1. The Morgan fingerprint density at radius 1 is 1.07 bits per heavy atom. The van der Waals surface area contributed by atoms with E-state index >= 15 is 0 Å². The summed E-state index contributed by atoms with van der Waals surface area (Å²) < 4.78 is 5.23. The van der Waals surface area contributed by atoms with E-state index in [1.54, 1.807) is 7.05 Å². The minimum Gasteiger partial charge on any atom is -0.445 e. The van der Waals surface area contributed by atoms with Crippen molar-refractivity contribution in [1.82, 2.24) is 10.2 Å². The van der Waals surface area contributed by atoms with Gasteiger partial charge in [-0.15, -0.1) is 0 Å². The van der Waals surface area contributed by atoms with Crippen molar-refractivity contribution in [2.24, 2.45) is 11.8 Å². The molecule has 0 saturated carbocycles. The highest BCUT2D eigenvalue weighted by Crippen LogP contribution is 2.13. The van der Waals surface area contributed by atoms with E-state index < -0.39 is 18.2 Å². The monoisotopic (exact) mass is 376 g/mol. The van der Waals surface area contributed by atoms with Crippen LogP contribution >= 0.6 is 0 Å². The van der Waals surface area contributed by atoms with Gasteiger partial charge in [0, 0.05) is 7.05 Å². The molecule has 0 fully saturated rings. The second-order valence-corrected chi connectivity index (χ2v) is 7.67. The van der Waals surface area contributed by atoms with Gasteiger partial charge in [0.2, 0.25) is 5.91 Å². The Balaban J connectivity index is 2.73. The van der Waals surface area contributed by atoms with E-state index in [0.717, 1.165) is 11.8 Å². The molecule has 0 bridgehead atoms. The summed E-state index contributed by atoms with van der Waals surface area (Å²) in [7, 11) is 1.61. The fourth-order valence-corrected chi connectivity index (χ4v) is 2.80. The number of benzene rings is 1. The third-order valence-electron chi connectivity index (χ3n) is 4.23. The van der Waals surface area contributed by atoms with Gasteiger partial charge in [0.25, 0.3) is 0 Å². The number of nitrogens with one attached hydrogen (secondary N) is 1. The third kappa shape index (κ3) is 8.24. The highest BCUT2D eigenvalue weighted by molar-refractivity contribution is 5.87. The molecule has 0 aliphatic rings. The van der Waals surface area contributed by atoms with Crippen LogP contribution in [0, 0.1) is 11.8 Å². The molecule has 1 rings (SSSR count). The van der Waals surface area contributed by atoms with Crippen molar-refractivity contribution in [3.63, 3.8) is 0 Å². The van der Waals surface area contributed by atoms with Crippen LogP contribution in [0.1, 0.15) is 46.1 Å². The summed E-state index contributed by atoms with van der Waals surface area (Å²) in [6.45, 7) is 8.08. The number of likely N-dealkylation sites (N-methyl/N-ethyl adjacent to an activating group) is 1. The molecule has 1 aromatic rings. The normalized spacial score (nSPS) is 13.1. The van der Waals surface area contributed by atoms with Gasteiger partial charge in [-0.1, -0.05) is 58.0 Å². The quantitative estimate of drug-likeness (QED) is 0.635. The Morgan fingerprint density at radius 2 is 1.67 bits per heavy atom. The number of rotatable bonds is 10. The summed E-state index contributed by atoms with van der Waals surface area (Å²) in [4.78, 5) is 37.9. The summed E-state index contributed by atoms with van der Waals surface area (Å²) in [5, 5.41) is 2.66. The van der Waals surface area contributed by atoms with Crippen molar-refractivity contribution >= 4 is 18.3 Å². The van der Waals surface area contributed by atoms with E-state index in [2.05, 4.69) is 5.32 Å². The first-order valence-electron chi connectivity index (χ1n) is 9.43. The molecule has 6 nitrogen and oxygen atoms in total. The number of carbonyl (C=O) groups is 3. The van der Waals surface area contributed by atoms with Crippen LogP contribution in [0.3, 0.4) is 0 Å². The Hall–Kier alpha value is -2.37. The van der Waals surface area contributed by atoms with Crippen LogP contribution in [0.5, 0.6) is 0 Å². The van der Waals surface area contributed by atoms with Gasteiger partial charge >= 0.3 is 6.09 Å². The van der Waals surface area contributed by atoms with Crippen LogP contribution in [0.25, 0.3) is 0 Å². The van der Waals surface area contributed by atoms with Gasteiger partial charge in [-0.25, -0.2) is 4.79 Å². The van der Waals surface area contributed by atoms with Crippen molar-refractivity contribution in [1.29, 1.82) is 0 Å². The number of alkyl carbamates (subject to hydrolysis) is 1. The lowest BCUT2D eigenvalue weighted by Gasteiger charge is -2.30. The molecule has 2 amide bonds. The van der Waals surface area contributed by atoms with Gasteiger partial charge in [0.15, 0.2) is 0 Å². The van der Waals surface area contributed by atoms with Gasteiger partial charge < -0.3 is 19.7 Å². The number of carbonyl (C=O) groups excluding carboxylic acids is 3. The fraction of sp³-hybridized carbons (Fsp3) is 0.571. The lowest BCUT2D eigenvalue weighted by molar-refractivity contribution is -0.137. The van der Waals surface area contributed by atoms with Gasteiger partial charge in [-0.2, -0.15) is 0 Å². The maximum atomic E-state index is 12.9. The van der Waals surface area contributed by atoms with E-state index in [0.29, 0.717) is 12.8 Å². The van der Waals surface area contributed by atoms with Crippen LogP contribution in [-0.4, -0.2) is 42.3 Å². The molecule has 6 heteroatoms. The zero-order chi connectivity index (χ0) is 20.4. The SMILES string of the molecule is CC(C)C[C@H](NC(=O)OCc1ccccc1)C(=O)N(C)[C@H](C=O)CC(C)C. The Kier molecular flexibility index (Phi) is 9.54. The number of hydrogen-bond donors (Lipinski definition) is 1. The average Bonchev–Trinajstić information content (AvgIpc) is 2.63. The largest absolute Gasteiger partial charge is 0.445 e. The molecule has 0 heterocycles. The zero-order valence-corrected chi connectivity index (χ0v) is 17.0. The summed E-state index contributed by atoms with van der Waals surface area (Å²) >= 11 is 0. The minimum absolute atomic E-state index is 0.134. The van der Waals surface area contributed by atoms with E-state index in [9.17, 15) is 14.4 Å². The third-order valence-corrected chi connectivity index (χ3v) is 4.23.